The summed E-state index contributed by atoms with van der Waals surface area (Å²) in [5, 5.41) is 1.26. The Morgan fingerprint density at radius 3 is 2.66 bits per heavy atom. The van der Waals surface area contributed by atoms with Gasteiger partial charge in [-0.15, -0.1) is 0 Å². The highest BCUT2D eigenvalue weighted by atomic mass is 19.1. The molecule has 0 saturated heterocycles. The Bertz CT molecular complexity index is 1130. The number of ether oxygens (including phenoxy) is 1. The number of esters is 1. The topological polar surface area (TPSA) is 45.3 Å². The molecule has 3 aromatic rings. The van der Waals surface area contributed by atoms with Crippen molar-refractivity contribution >= 4 is 22.9 Å². The Labute approximate surface area is 189 Å². The number of hydrogen-bond acceptors (Lipinski definition) is 3. The second-order valence-corrected chi connectivity index (χ2v) is 9.39. The van der Waals surface area contributed by atoms with E-state index in [4.69, 9.17) is 0 Å². The summed E-state index contributed by atoms with van der Waals surface area (Å²) in [5.74, 6) is -0.429. The maximum atomic E-state index is 13.5. The van der Waals surface area contributed by atoms with Crippen LogP contribution in [0.15, 0.2) is 54.6 Å². The fourth-order valence-corrected chi connectivity index (χ4v) is 4.79. The van der Waals surface area contributed by atoms with Crippen LogP contribution < -0.4 is 0 Å². The number of aromatic amines is 1. The van der Waals surface area contributed by atoms with E-state index in [1.54, 1.807) is 6.08 Å². The molecule has 168 valence electrons. The van der Waals surface area contributed by atoms with E-state index in [9.17, 15) is 9.18 Å². The highest BCUT2D eigenvalue weighted by molar-refractivity contribution is 5.87. The van der Waals surface area contributed by atoms with Gasteiger partial charge in [0, 0.05) is 34.8 Å². The molecule has 0 bridgehead atoms. The number of nitrogens with one attached hydrogen (secondary N) is 1. The van der Waals surface area contributed by atoms with E-state index in [1.165, 1.54) is 29.8 Å². The van der Waals surface area contributed by atoms with Gasteiger partial charge in [-0.25, -0.2) is 4.79 Å². The Kier molecular flexibility index (Phi) is 6.20. The molecule has 0 fully saturated rings. The number of benzene rings is 2. The SMILES string of the molecule is COC(=O)C=Cc1ccc(C2c3[nH]c4ccccc4c3CC(C)(C)N2C[C@H](C)CF)cc1. The first-order valence-corrected chi connectivity index (χ1v) is 11.1. The third-order valence-electron chi connectivity index (χ3n) is 6.46. The van der Waals surface area contributed by atoms with Crippen LogP contribution >= 0.6 is 0 Å². The largest absolute Gasteiger partial charge is 0.466 e. The molecule has 1 unspecified atom stereocenters. The van der Waals surface area contributed by atoms with Crippen molar-refractivity contribution in [1.82, 2.24) is 9.88 Å². The first-order valence-electron chi connectivity index (χ1n) is 11.1. The number of carbonyl (C=O) groups is 1. The first-order chi connectivity index (χ1) is 15.3. The molecular formula is C27H31FN2O2. The molecule has 0 aliphatic carbocycles. The summed E-state index contributed by atoms with van der Waals surface area (Å²) in [6.45, 7) is 6.81. The number of fused-ring (bicyclic) bond motifs is 3. The van der Waals surface area contributed by atoms with Crippen LogP contribution in [-0.4, -0.2) is 41.7 Å². The lowest BCUT2D eigenvalue weighted by atomic mass is 9.80. The monoisotopic (exact) mass is 434 g/mol. The fourth-order valence-electron chi connectivity index (χ4n) is 4.79. The quantitative estimate of drug-likeness (QED) is 0.401. The average molecular weight is 435 g/mol. The predicted molar refractivity (Wildman–Crippen MR) is 127 cm³/mol. The van der Waals surface area contributed by atoms with Crippen LogP contribution in [0, 0.1) is 5.92 Å². The lowest BCUT2D eigenvalue weighted by molar-refractivity contribution is -0.134. The third kappa shape index (κ3) is 4.22. The molecule has 0 radical (unpaired) electrons. The molecule has 4 rings (SSSR count). The van der Waals surface area contributed by atoms with E-state index in [2.05, 4.69) is 64.9 Å². The van der Waals surface area contributed by atoms with Gasteiger partial charge in [-0.1, -0.05) is 49.4 Å². The molecule has 4 nitrogen and oxygen atoms in total. The van der Waals surface area contributed by atoms with Gasteiger partial charge in [0.1, 0.15) is 0 Å². The lowest BCUT2D eigenvalue weighted by Gasteiger charge is -2.48. The minimum atomic E-state index is -0.378. The number of methoxy groups -OCH3 is 1. The summed E-state index contributed by atoms with van der Waals surface area (Å²) in [7, 11) is 1.37. The zero-order valence-corrected chi connectivity index (χ0v) is 19.2. The molecule has 2 aromatic carbocycles. The fraction of sp³-hybridized carbons (Fsp3) is 0.370. The number of para-hydroxylation sites is 1. The van der Waals surface area contributed by atoms with E-state index in [0.717, 1.165) is 23.1 Å². The number of hydrogen-bond donors (Lipinski definition) is 1. The van der Waals surface area contributed by atoms with Crippen LogP contribution in [0.25, 0.3) is 17.0 Å². The number of halogens is 1. The summed E-state index contributed by atoms with van der Waals surface area (Å²) in [5.41, 5.74) is 5.61. The van der Waals surface area contributed by atoms with Crippen LogP contribution in [-0.2, 0) is 16.0 Å². The van der Waals surface area contributed by atoms with Crippen molar-refractivity contribution in [1.29, 1.82) is 0 Å². The van der Waals surface area contributed by atoms with Gasteiger partial charge >= 0.3 is 5.97 Å². The van der Waals surface area contributed by atoms with E-state index >= 15 is 0 Å². The standard InChI is InChI=1S/C27H31FN2O2/c1-18(16-28)17-30-26(20-12-9-19(10-13-20)11-14-24(31)32-4)25-22(15-27(30,2)3)21-7-5-6-8-23(21)29-25/h5-14,18,26,29H,15-17H2,1-4H3/t18-,26?/m1/s1. The van der Waals surface area contributed by atoms with Crippen molar-refractivity contribution in [3.05, 3.63) is 77.0 Å². The van der Waals surface area contributed by atoms with Gasteiger partial charge in [0.25, 0.3) is 0 Å². The molecule has 1 N–H and O–H groups in total. The van der Waals surface area contributed by atoms with Gasteiger partial charge in [-0.3, -0.25) is 9.29 Å². The number of nitrogens with zero attached hydrogens (tertiary/aromatic N) is 1. The zero-order chi connectivity index (χ0) is 22.9. The molecule has 0 spiro atoms. The van der Waals surface area contributed by atoms with Gasteiger partial charge in [0.15, 0.2) is 0 Å². The number of H-pyrrole nitrogens is 1. The smallest absolute Gasteiger partial charge is 0.330 e. The zero-order valence-electron chi connectivity index (χ0n) is 19.2. The van der Waals surface area contributed by atoms with Crippen molar-refractivity contribution in [3.63, 3.8) is 0 Å². The maximum Gasteiger partial charge on any atom is 0.330 e. The second kappa shape index (κ2) is 8.91. The molecule has 1 aromatic heterocycles. The highest BCUT2D eigenvalue weighted by Crippen LogP contribution is 2.45. The van der Waals surface area contributed by atoms with E-state index in [-0.39, 0.29) is 30.1 Å². The van der Waals surface area contributed by atoms with Crippen LogP contribution in [0.5, 0.6) is 0 Å². The van der Waals surface area contributed by atoms with Gasteiger partial charge in [-0.05, 0) is 55.0 Å². The molecule has 1 aliphatic heterocycles. The third-order valence-corrected chi connectivity index (χ3v) is 6.46. The first kappa shape index (κ1) is 22.3. The molecule has 2 heterocycles. The minimum Gasteiger partial charge on any atom is -0.466 e. The Morgan fingerprint density at radius 1 is 1.25 bits per heavy atom. The Balaban J connectivity index is 1.80. The summed E-state index contributed by atoms with van der Waals surface area (Å²) in [4.78, 5) is 17.5. The van der Waals surface area contributed by atoms with Crippen LogP contribution in [0.3, 0.4) is 0 Å². The van der Waals surface area contributed by atoms with E-state index in [1.807, 2.05) is 19.1 Å². The average Bonchev–Trinajstić information content (AvgIpc) is 3.15. The lowest BCUT2D eigenvalue weighted by Crippen LogP contribution is -2.53. The molecular weight excluding hydrogens is 403 g/mol. The molecule has 2 atom stereocenters. The molecule has 5 heteroatoms. The molecule has 0 saturated carbocycles. The second-order valence-electron chi connectivity index (χ2n) is 9.39. The van der Waals surface area contributed by atoms with Crippen LogP contribution in [0.1, 0.15) is 49.2 Å². The Morgan fingerprint density at radius 2 is 1.97 bits per heavy atom. The van der Waals surface area contributed by atoms with Crippen LogP contribution in [0.2, 0.25) is 0 Å². The number of carbonyl (C=O) groups excluding carboxylic acids is 1. The van der Waals surface area contributed by atoms with E-state index < -0.39 is 0 Å². The summed E-state index contributed by atoms with van der Waals surface area (Å²) in [6, 6.07) is 16.6. The maximum absolute atomic E-state index is 13.5. The van der Waals surface area contributed by atoms with Gasteiger partial charge in [0.2, 0.25) is 0 Å². The van der Waals surface area contributed by atoms with Gasteiger partial charge < -0.3 is 9.72 Å². The summed E-state index contributed by atoms with van der Waals surface area (Å²) >= 11 is 0. The van der Waals surface area contributed by atoms with Crippen LogP contribution in [0.4, 0.5) is 4.39 Å². The number of aromatic nitrogens is 1. The van der Waals surface area contributed by atoms with Crippen molar-refractivity contribution in [3.8, 4) is 0 Å². The van der Waals surface area contributed by atoms with Gasteiger partial charge in [-0.2, -0.15) is 0 Å². The van der Waals surface area contributed by atoms with Crippen molar-refractivity contribution < 1.29 is 13.9 Å². The number of rotatable bonds is 6. The van der Waals surface area contributed by atoms with Gasteiger partial charge in [0.05, 0.1) is 19.8 Å². The molecule has 32 heavy (non-hydrogen) atoms. The minimum absolute atomic E-state index is 0.00575. The normalized spacial score (nSPS) is 19.2. The van der Waals surface area contributed by atoms with Crippen molar-refractivity contribution in [2.75, 3.05) is 20.3 Å². The molecule has 0 amide bonds. The molecule has 1 aliphatic rings. The number of alkyl halides is 1. The highest BCUT2D eigenvalue weighted by Gasteiger charge is 2.42. The van der Waals surface area contributed by atoms with E-state index in [0.29, 0.717) is 6.54 Å². The summed E-state index contributed by atoms with van der Waals surface area (Å²) < 4.78 is 18.2. The van der Waals surface area contributed by atoms with Crippen molar-refractivity contribution in [2.24, 2.45) is 5.92 Å². The van der Waals surface area contributed by atoms with Crippen molar-refractivity contribution in [2.45, 2.75) is 38.8 Å². The Hall–Kier alpha value is -2.92. The summed E-state index contributed by atoms with van der Waals surface area (Å²) in [6.07, 6.45) is 4.07. The predicted octanol–water partition coefficient (Wildman–Crippen LogP) is 5.69.